The van der Waals surface area contributed by atoms with Crippen molar-refractivity contribution in [2.24, 2.45) is 5.92 Å². The van der Waals surface area contributed by atoms with Gasteiger partial charge in [0, 0.05) is 31.3 Å². The van der Waals surface area contributed by atoms with Crippen molar-refractivity contribution in [3.8, 4) is 0 Å². The smallest absolute Gasteiger partial charge is 0.230 e. The van der Waals surface area contributed by atoms with Gasteiger partial charge in [0.15, 0.2) is 0 Å². The van der Waals surface area contributed by atoms with Crippen LogP contribution in [0, 0.1) is 12.8 Å². The van der Waals surface area contributed by atoms with Crippen LogP contribution in [0.25, 0.3) is 0 Å². The molecule has 0 atom stereocenters. The van der Waals surface area contributed by atoms with E-state index in [2.05, 4.69) is 41.8 Å². The molecule has 5 heteroatoms. The second kappa shape index (κ2) is 8.46. The molecule has 2 N–H and O–H groups in total. The second-order valence-electron chi connectivity index (χ2n) is 4.81. The molecule has 1 saturated heterocycles. The highest BCUT2D eigenvalue weighted by molar-refractivity contribution is 7.99. The predicted octanol–water partition coefficient (Wildman–Crippen LogP) is 1.99. The summed E-state index contributed by atoms with van der Waals surface area (Å²) in [6, 6.07) is 8.47. The molecule has 0 radical (unpaired) electrons. The Morgan fingerprint density at radius 3 is 2.63 bits per heavy atom. The number of hydrogen-bond donors (Lipinski definition) is 2. The maximum absolute atomic E-state index is 11.6. The van der Waals surface area contributed by atoms with Crippen LogP contribution in [0.4, 0.5) is 0 Å². The second-order valence-corrected chi connectivity index (χ2v) is 5.79. The van der Waals surface area contributed by atoms with Crippen molar-refractivity contribution in [3.05, 3.63) is 35.4 Å². The zero-order valence-corrected chi connectivity index (χ0v) is 12.8. The fraction of sp³-hybridized carbons (Fsp3) is 0.500. The largest absolute Gasteiger partial charge is 0.355 e. The van der Waals surface area contributed by atoms with Crippen LogP contribution in [0.15, 0.2) is 24.3 Å². The lowest BCUT2D eigenvalue weighted by atomic mass is 10.0. The fourth-order valence-corrected chi connectivity index (χ4v) is 2.57. The van der Waals surface area contributed by atoms with E-state index in [0.717, 1.165) is 25.4 Å². The van der Waals surface area contributed by atoms with E-state index in [1.165, 1.54) is 11.1 Å². The van der Waals surface area contributed by atoms with Gasteiger partial charge in [0.1, 0.15) is 0 Å². The SMILES string of the molecule is Cc1ccc(CSCC(=O)NCC2CNC2)cc1.Cl. The summed E-state index contributed by atoms with van der Waals surface area (Å²) in [6.45, 7) is 4.98. The predicted molar refractivity (Wildman–Crippen MR) is 84.0 cm³/mol. The minimum Gasteiger partial charge on any atom is -0.355 e. The quantitative estimate of drug-likeness (QED) is 0.844. The minimum absolute atomic E-state index is 0. The number of rotatable bonds is 6. The maximum Gasteiger partial charge on any atom is 0.230 e. The Balaban J connectivity index is 0.00000180. The Kier molecular flexibility index (Phi) is 7.28. The summed E-state index contributed by atoms with van der Waals surface area (Å²) in [5, 5.41) is 6.18. The molecule has 106 valence electrons. The highest BCUT2D eigenvalue weighted by Crippen LogP contribution is 2.12. The lowest BCUT2D eigenvalue weighted by Crippen LogP contribution is -2.48. The summed E-state index contributed by atoms with van der Waals surface area (Å²) in [4.78, 5) is 11.6. The first-order valence-corrected chi connectivity index (χ1v) is 7.50. The van der Waals surface area contributed by atoms with E-state index in [4.69, 9.17) is 0 Å². The van der Waals surface area contributed by atoms with Crippen LogP contribution in [0.2, 0.25) is 0 Å². The molecule has 0 spiro atoms. The molecule has 0 aromatic heterocycles. The molecule has 19 heavy (non-hydrogen) atoms. The van der Waals surface area contributed by atoms with Crippen molar-refractivity contribution in [2.75, 3.05) is 25.4 Å². The van der Waals surface area contributed by atoms with Crippen molar-refractivity contribution in [1.82, 2.24) is 10.6 Å². The average molecular weight is 301 g/mol. The molecular formula is C14H21ClN2OS. The summed E-state index contributed by atoms with van der Waals surface area (Å²) in [6.07, 6.45) is 0. The van der Waals surface area contributed by atoms with Gasteiger partial charge in [-0.15, -0.1) is 24.2 Å². The number of amides is 1. The van der Waals surface area contributed by atoms with Gasteiger partial charge in [-0.2, -0.15) is 0 Å². The Morgan fingerprint density at radius 2 is 2.05 bits per heavy atom. The van der Waals surface area contributed by atoms with E-state index in [9.17, 15) is 4.79 Å². The number of carbonyl (C=O) groups excluding carboxylic acids is 1. The minimum atomic E-state index is 0. The number of aryl methyl sites for hydroxylation is 1. The number of carbonyl (C=O) groups is 1. The molecule has 1 amide bonds. The molecule has 1 fully saturated rings. The third-order valence-corrected chi connectivity index (χ3v) is 4.08. The van der Waals surface area contributed by atoms with Gasteiger partial charge < -0.3 is 10.6 Å². The van der Waals surface area contributed by atoms with Crippen LogP contribution in [0.3, 0.4) is 0 Å². The van der Waals surface area contributed by atoms with Crippen molar-refractivity contribution >= 4 is 30.1 Å². The Morgan fingerprint density at radius 1 is 1.37 bits per heavy atom. The highest BCUT2D eigenvalue weighted by Gasteiger charge is 2.16. The van der Waals surface area contributed by atoms with Crippen LogP contribution >= 0.6 is 24.2 Å². The molecule has 1 aromatic carbocycles. The van der Waals surface area contributed by atoms with Crippen LogP contribution in [-0.4, -0.2) is 31.3 Å². The third-order valence-electron chi connectivity index (χ3n) is 3.08. The molecule has 3 nitrogen and oxygen atoms in total. The summed E-state index contributed by atoms with van der Waals surface area (Å²) in [7, 11) is 0. The molecule has 0 bridgehead atoms. The van der Waals surface area contributed by atoms with Gasteiger partial charge >= 0.3 is 0 Å². The van der Waals surface area contributed by atoms with E-state index in [1.807, 2.05) is 0 Å². The van der Waals surface area contributed by atoms with Gasteiger partial charge in [-0.05, 0) is 12.5 Å². The van der Waals surface area contributed by atoms with Gasteiger partial charge in [-0.25, -0.2) is 0 Å². The molecule has 2 rings (SSSR count). The van der Waals surface area contributed by atoms with Gasteiger partial charge in [0.25, 0.3) is 0 Å². The maximum atomic E-state index is 11.6. The molecule has 1 heterocycles. The van der Waals surface area contributed by atoms with Crippen molar-refractivity contribution < 1.29 is 4.79 Å². The van der Waals surface area contributed by atoms with Crippen molar-refractivity contribution in [3.63, 3.8) is 0 Å². The average Bonchev–Trinajstić information content (AvgIpc) is 2.30. The first-order valence-electron chi connectivity index (χ1n) is 6.35. The number of nitrogens with one attached hydrogen (secondary N) is 2. The molecule has 1 aromatic rings. The van der Waals surface area contributed by atoms with Crippen molar-refractivity contribution in [2.45, 2.75) is 12.7 Å². The first kappa shape index (κ1) is 16.3. The third kappa shape index (κ3) is 5.85. The summed E-state index contributed by atoms with van der Waals surface area (Å²) >= 11 is 1.67. The van der Waals surface area contributed by atoms with Gasteiger partial charge in [-0.3, -0.25) is 4.79 Å². The zero-order valence-electron chi connectivity index (χ0n) is 11.1. The number of thioether (sulfide) groups is 1. The van der Waals surface area contributed by atoms with Crippen molar-refractivity contribution in [1.29, 1.82) is 0 Å². The van der Waals surface area contributed by atoms with Gasteiger partial charge in [0.05, 0.1) is 5.75 Å². The van der Waals surface area contributed by atoms with E-state index in [0.29, 0.717) is 11.7 Å². The lowest BCUT2D eigenvalue weighted by molar-refractivity contribution is -0.118. The summed E-state index contributed by atoms with van der Waals surface area (Å²) in [5.41, 5.74) is 2.55. The van der Waals surface area contributed by atoms with E-state index < -0.39 is 0 Å². The van der Waals surface area contributed by atoms with Crippen LogP contribution < -0.4 is 10.6 Å². The summed E-state index contributed by atoms with van der Waals surface area (Å²) < 4.78 is 0. The Labute approximate surface area is 125 Å². The van der Waals surface area contributed by atoms with Gasteiger partial charge in [-0.1, -0.05) is 29.8 Å². The van der Waals surface area contributed by atoms with E-state index in [-0.39, 0.29) is 18.3 Å². The monoisotopic (exact) mass is 300 g/mol. The van der Waals surface area contributed by atoms with Crippen LogP contribution in [-0.2, 0) is 10.5 Å². The lowest BCUT2D eigenvalue weighted by Gasteiger charge is -2.27. The fourth-order valence-electron chi connectivity index (χ4n) is 1.75. The molecule has 0 saturated carbocycles. The molecule has 0 aliphatic carbocycles. The highest BCUT2D eigenvalue weighted by atomic mass is 35.5. The number of halogens is 1. The Bertz CT molecular complexity index is 393. The molecular weight excluding hydrogens is 280 g/mol. The summed E-state index contributed by atoms with van der Waals surface area (Å²) in [5.74, 6) is 2.24. The number of benzene rings is 1. The number of hydrogen-bond acceptors (Lipinski definition) is 3. The molecule has 0 unspecified atom stereocenters. The topological polar surface area (TPSA) is 41.1 Å². The standard InChI is InChI=1S/C14H20N2OS.ClH/c1-11-2-4-12(5-3-11)9-18-10-14(17)16-8-13-6-15-7-13;/h2-5,13,15H,6-10H2,1H3,(H,16,17);1H. The molecule has 1 aliphatic rings. The van der Waals surface area contributed by atoms with E-state index in [1.54, 1.807) is 11.8 Å². The normalized spacial score (nSPS) is 14.4. The molecule has 1 aliphatic heterocycles. The van der Waals surface area contributed by atoms with Crippen LogP contribution in [0.1, 0.15) is 11.1 Å². The van der Waals surface area contributed by atoms with E-state index >= 15 is 0 Å². The van der Waals surface area contributed by atoms with Crippen LogP contribution in [0.5, 0.6) is 0 Å². The Hall–Kier alpha value is -0.710. The first-order chi connectivity index (χ1) is 8.74. The zero-order chi connectivity index (χ0) is 12.8. The van der Waals surface area contributed by atoms with Gasteiger partial charge in [0.2, 0.25) is 5.91 Å².